The second kappa shape index (κ2) is 10.0. The van der Waals surface area contributed by atoms with Gasteiger partial charge in [0.1, 0.15) is 47.9 Å². The summed E-state index contributed by atoms with van der Waals surface area (Å²) in [5, 5.41) is 58.4. The number of ether oxygens (including phenoxy) is 3. The van der Waals surface area contributed by atoms with E-state index in [2.05, 4.69) is 0 Å². The number of phenols is 1. The van der Waals surface area contributed by atoms with Gasteiger partial charge in [0.2, 0.25) is 6.29 Å². The molecule has 0 radical (unpaired) electrons. The zero-order valence-corrected chi connectivity index (χ0v) is 18.2. The summed E-state index contributed by atoms with van der Waals surface area (Å²) in [6, 6.07) is 11.7. The maximum absolute atomic E-state index is 12.5. The van der Waals surface area contributed by atoms with Gasteiger partial charge < -0.3 is 44.8 Å². The number of benzene rings is 2. The first kappa shape index (κ1) is 24.6. The van der Waals surface area contributed by atoms with E-state index in [-0.39, 0.29) is 17.1 Å². The van der Waals surface area contributed by atoms with Crippen LogP contribution in [0.3, 0.4) is 0 Å². The Kier molecular flexibility index (Phi) is 7.05. The summed E-state index contributed by atoms with van der Waals surface area (Å²) in [5.41, 5.74) is 0.848. The molecule has 0 spiro atoms. The Morgan fingerprint density at radius 1 is 0.971 bits per heavy atom. The zero-order chi connectivity index (χ0) is 25.3. The Labute approximate surface area is 199 Å². The minimum atomic E-state index is -1.60. The van der Waals surface area contributed by atoms with E-state index in [1.807, 2.05) is 0 Å². The summed E-state index contributed by atoms with van der Waals surface area (Å²) < 4.78 is 16.2. The van der Waals surface area contributed by atoms with Gasteiger partial charge in [-0.05, 0) is 41.5 Å². The van der Waals surface area contributed by atoms with Gasteiger partial charge in [-0.1, -0.05) is 24.3 Å². The molecule has 0 saturated carbocycles. The van der Waals surface area contributed by atoms with Gasteiger partial charge in [0.15, 0.2) is 0 Å². The zero-order valence-electron chi connectivity index (χ0n) is 18.2. The molecule has 2 heterocycles. The van der Waals surface area contributed by atoms with Crippen molar-refractivity contribution in [3.63, 3.8) is 0 Å². The van der Waals surface area contributed by atoms with Crippen molar-refractivity contribution in [1.29, 1.82) is 0 Å². The Bertz CT molecular complexity index is 1090. The molecule has 0 bridgehead atoms. The molecular formula is C24H24O11. The first-order valence-corrected chi connectivity index (χ1v) is 10.7. The fraction of sp³-hybridized carbons (Fsp3) is 0.333. The van der Waals surface area contributed by atoms with Crippen molar-refractivity contribution in [2.75, 3.05) is 6.61 Å². The smallest absolute Gasteiger partial charge is 0.335 e. The average molecular weight is 488 g/mol. The Morgan fingerprint density at radius 3 is 2.23 bits per heavy atom. The Morgan fingerprint density at radius 2 is 1.63 bits per heavy atom. The Balaban J connectivity index is 1.53. The molecule has 6 N–H and O–H groups in total. The van der Waals surface area contributed by atoms with E-state index >= 15 is 0 Å². The lowest BCUT2D eigenvalue weighted by atomic mass is 9.90. The van der Waals surface area contributed by atoms with Crippen LogP contribution in [0.5, 0.6) is 11.5 Å². The summed E-state index contributed by atoms with van der Waals surface area (Å²) >= 11 is 0. The van der Waals surface area contributed by atoms with Crippen molar-refractivity contribution in [3.8, 4) is 11.5 Å². The number of aromatic hydroxyl groups is 1. The number of aliphatic carboxylic acids is 1. The van der Waals surface area contributed by atoms with Gasteiger partial charge in [-0.3, -0.25) is 4.79 Å². The van der Waals surface area contributed by atoms with Crippen LogP contribution in [-0.4, -0.2) is 79.9 Å². The number of esters is 1. The van der Waals surface area contributed by atoms with Gasteiger partial charge in [-0.2, -0.15) is 0 Å². The van der Waals surface area contributed by atoms with E-state index < -0.39 is 61.3 Å². The molecule has 2 aliphatic heterocycles. The average Bonchev–Trinajstić information content (AvgIpc) is 3.17. The van der Waals surface area contributed by atoms with E-state index in [1.165, 1.54) is 54.6 Å². The highest BCUT2D eigenvalue weighted by Gasteiger charge is 2.46. The highest BCUT2D eigenvalue weighted by Crippen LogP contribution is 2.40. The molecule has 11 nitrogen and oxygen atoms in total. The third-order valence-corrected chi connectivity index (χ3v) is 5.90. The van der Waals surface area contributed by atoms with Crippen molar-refractivity contribution in [3.05, 3.63) is 65.2 Å². The second-order valence-electron chi connectivity index (χ2n) is 8.22. The van der Waals surface area contributed by atoms with Crippen molar-refractivity contribution in [2.45, 2.75) is 36.8 Å². The first-order chi connectivity index (χ1) is 16.7. The van der Waals surface area contributed by atoms with Crippen LogP contribution in [0, 0.1) is 5.92 Å². The number of hydrogen-bond donors (Lipinski definition) is 6. The number of carboxylic acids is 1. The van der Waals surface area contributed by atoms with Crippen LogP contribution >= 0.6 is 0 Å². The molecule has 11 heteroatoms. The van der Waals surface area contributed by atoms with E-state index in [0.29, 0.717) is 11.1 Å². The lowest BCUT2D eigenvalue weighted by molar-refractivity contribution is -0.277. The predicted octanol–water partition coefficient (Wildman–Crippen LogP) is -0.0468. The number of carboxylic acid groups (broad SMARTS) is 1. The minimum Gasteiger partial charge on any atom is -0.508 e. The van der Waals surface area contributed by atoms with Crippen molar-refractivity contribution in [2.24, 2.45) is 5.92 Å². The number of rotatable bonds is 6. The van der Waals surface area contributed by atoms with Crippen molar-refractivity contribution < 1.29 is 54.4 Å². The molecule has 0 amide bonds. The van der Waals surface area contributed by atoms with Crippen molar-refractivity contribution >= 4 is 18.0 Å². The molecule has 186 valence electrons. The topological polar surface area (TPSA) is 183 Å². The van der Waals surface area contributed by atoms with Gasteiger partial charge in [-0.15, -0.1) is 0 Å². The van der Waals surface area contributed by atoms with Crippen molar-refractivity contribution in [1.82, 2.24) is 0 Å². The van der Waals surface area contributed by atoms with Crippen LogP contribution in [0.25, 0.3) is 6.08 Å². The summed E-state index contributed by atoms with van der Waals surface area (Å²) in [6.07, 6.45) is -6.93. The summed E-state index contributed by atoms with van der Waals surface area (Å²) in [6.45, 7) is -0.604. The van der Waals surface area contributed by atoms with Crippen LogP contribution in [0.2, 0.25) is 0 Å². The standard InChI is InChI=1S/C24H24O11/c25-10-16-18(27)19(28)20(29)24(34-16)33-14-7-3-12(4-8-14)21-17(22(30)31)15(23(32)35-21)9-11-1-5-13(26)6-2-11/h1-9,16-21,24-29H,10H2,(H,30,31)/b15-9-/t16-,17+,18+,19+,20+,21-,24-/m0/s1. The summed E-state index contributed by atoms with van der Waals surface area (Å²) in [4.78, 5) is 24.5. The fourth-order valence-electron chi connectivity index (χ4n) is 4.00. The maximum Gasteiger partial charge on any atom is 0.335 e. The number of aliphatic hydroxyl groups is 4. The van der Waals surface area contributed by atoms with E-state index in [9.17, 15) is 40.2 Å². The molecule has 2 aromatic rings. The van der Waals surface area contributed by atoms with Gasteiger partial charge in [0.05, 0.1) is 12.2 Å². The Hall–Kier alpha value is -3.48. The highest BCUT2D eigenvalue weighted by atomic mass is 16.7. The van der Waals surface area contributed by atoms with Crippen LogP contribution in [0.1, 0.15) is 17.2 Å². The molecular weight excluding hydrogens is 464 g/mol. The quantitative estimate of drug-likeness (QED) is 0.237. The lowest BCUT2D eigenvalue weighted by Gasteiger charge is -2.39. The molecule has 4 rings (SSSR count). The molecule has 2 saturated heterocycles. The fourth-order valence-corrected chi connectivity index (χ4v) is 4.00. The SMILES string of the molecule is O=C1O[C@@H](c2ccc(O[C@H]3O[C@@H](CO)[C@@H](O)[C@@H](O)[C@H]3O)cc2)[C@H](C(=O)O)/C1=C/c1ccc(O)cc1. The molecule has 2 aromatic carbocycles. The molecule has 7 atom stereocenters. The second-order valence-corrected chi connectivity index (χ2v) is 8.22. The molecule has 2 aliphatic rings. The third-order valence-electron chi connectivity index (χ3n) is 5.90. The van der Waals surface area contributed by atoms with Gasteiger partial charge >= 0.3 is 11.9 Å². The van der Waals surface area contributed by atoms with Gasteiger partial charge in [-0.25, -0.2) is 4.79 Å². The normalized spacial score (nSPS) is 31.8. The number of hydrogen-bond acceptors (Lipinski definition) is 10. The molecule has 0 aliphatic carbocycles. The first-order valence-electron chi connectivity index (χ1n) is 10.7. The predicted molar refractivity (Wildman–Crippen MR) is 117 cm³/mol. The largest absolute Gasteiger partial charge is 0.508 e. The number of carbonyl (C=O) groups is 2. The van der Waals surface area contributed by atoms with Crippen LogP contribution < -0.4 is 4.74 Å². The number of cyclic esters (lactones) is 1. The van der Waals surface area contributed by atoms with E-state index in [1.54, 1.807) is 0 Å². The van der Waals surface area contributed by atoms with Gasteiger partial charge in [0.25, 0.3) is 0 Å². The van der Waals surface area contributed by atoms with E-state index in [0.717, 1.165) is 0 Å². The summed E-state index contributed by atoms with van der Waals surface area (Å²) in [5.74, 6) is -3.12. The van der Waals surface area contributed by atoms with Crippen LogP contribution in [0.15, 0.2) is 54.1 Å². The lowest BCUT2D eigenvalue weighted by Crippen LogP contribution is -2.60. The third kappa shape index (κ3) is 4.99. The molecule has 2 fully saturated rings. The number of phenolic OH excluding ortho intramolecular Hbond substituents is 1. The minimum absolute atomic E-state index is 0.0276. The molecule has 0 unspecified atom stereocenters. The van der Waals surface area contributed by atoms with Gasteiger partial charge in [0, 0.05) is 0 Å². The number of carbonyl (C=O) groups excluding carboxylic acids is 1. The van der Waals surface area contributed by atoms with E-state index in [4.69, 9.17) is 14.2 Å². The maximum atomic E-state index is 12.5. The van der Waals surface area contributed by atoms with Crippen LogP contribution in [0.4, 0.5) is 0 Å². The molecule has 35 heavy (non-hydrogen) atoms. The monoisotopic (exact) mass is 488 g/mol. The van der Waals surface area contributed by atoms with Crippen LogP contribution in [-0.2, 0) is 19.1 Å². The number of aliphatic hydroxyl groups excluding tert-OH is 4. The summed E-state index contributed by atoms with van der Waals surface area (Å²) in [7, 11) is 0. The highest BCUT2D eigenvalue weighted by molar-refractivity contribution is 6.02. The molecule has 0 aromatic heterocycles.